The van der Waals surface area contributed by atoms with Gasteiger partial charge in [-0.25, -0.2) is 0 Å². The lowest BCUT2D eigenvalue weighted by Gasteiger charge is -2.11. The van der Waals surface area contributed by atoms with Crippen molar-refractivity contribution < 1.29 is 19.0 Å². The van der Waals surface area contributed by atoms with Crippen LogP contribution >= 0.6 is 11.3 Å². The Kier molecular flexibility index (Phi) is 8.39. The van der Waals surface area contributed by atoms with Crippen LogP contribution in [-0.4, -0.2) is 43.0 Å². The van der Waals surface area contributed by atoms with Crippen LogP contribution in [-0.2, 0) is 16.0 Å². The highest BCUT2D eigenvalue weighted by Gasteiger charge is 2.13. The molecule has 0 atom stereocenters. The summed E-state index contributed by atoms with van der Waals surface area (Å²) in [5, 5.41) is 20.9. The van der Waals surface area contributed by atoms with Crippen molar-refractivity contribution in [2.24, 2.45) is 0 Å². The van der Waals surface area contributed by atoms with Crippen LogP contribution in [0.15, 0.2) is 23.8 Å². The van der Waals surface area contributed by atoms with E-state index in [2.05, 4.69) is 15.5 Å². The molecular formula is C19H22N4O4S. The maximum atomic E-state index is 12.3. The van der Waals surface area contributed by atoms with Crippen LogP contribution in [0.25, 0.3) is 6.08 Å². The fourth-order valence-electron chi connectivity index (χ4n) is 2.17. The van der Waals surface area contributed by atoms with Crippen molar-refractivity contribution in [3.8, 4) is 17.6 Å². The van der Waals surface area contributed by atoms with Crippen LogP contribution in [0.2, 0.25) is 0 Å². The summed E-state index contributed by atoms with van der Waals surface area (Å²) in [4.78, 5) is 12.3. The van der Waals surface area contributed by atoms with Gasteiger partial charge in [0.25, 0.3) is 5.91 Å². The van der Waals surface area contributed by atoms with Crippen LogP contribution in [0.1, 0.15) is 24.4 Å². The summed E-state index contributed by atoms with van der Waals surface area (Å²) in [6.45, 7) is 5.36. The number of hydrogen-bond acceptors (Lipinski definition) is 8. The molecule has 9 heteroatoms. The third-order valence-corrected chi connectivity index (χ3v) is 4.53. The smallest absolute Gasteiger partial charge is 0.268 e. The van der Waals surface area contributed by atoms with Gasteiger partial charge in [-0.15, -0.1) is 10.2 Å². The van der Waals surface area contributed by atoms with Gasteiger partial charge in [-0.2, -0.15) is 5.26 Å². The van der Waals surface area contributed by atoms with Crippen LogP contribution in [0.5, 0.6) is 11.5 Å². The Morgan fingerprint density at radius 2 is 2.11 bits per heavy atom. The number of aromatic nitrogens is 2. The van der Waals surface area contributed by atoms with Gasteiger partial charge in [0.15, 0.2) is 11.5 Å². The Morgan fingerprint density at radius 3 is 2.75 bits per heavy atom. The fraction of sp³-hybridized carbons (Fsp3) is 0.368. The van der Waals surface area contributed by atoms with Crippen molar-refractivity contribution in [2.75, 3.05) is 32.2 Å². The summed E-state index contributed by atoms with van der Waals surface area (Å²) in [7, 11) is 1.52. The topological polar surface area (TPSA) is 106 Å². The van der Waals surface area contributed by atoms with Crippen LogP contribution < -0.4 is 14.8 Å². The van der Waals surface area contributed by atoms with E-state index in [1.807, 2.05) is 19.9 Å². The van der Waals surface area contributed by atoms with Crippen molar-refractivity contribution in [3.63, 3.8) is 0 Å². The zero-order valence-corrected chi connectivity index (χ0v) is 16.8. The monoisotopic (exact) mass is 402 g/mol. The molecule has 1 heterocycles. The average Bonchev–Trinajstić information content (AvgIpc) is 3.17. The third-order valence-electron chi connectivity index (χ3n) is 3.54. The van der Waals surface area contributed by atoms with Gasteiger partial charge in [0.2, 0.25) is 5.13 Å². The van der Waals surface area contributed by atoms with Crippen LogP contribution in [0.4, 0.5) is 5.13 Å². The molecule has 28 heavy (non-hydrogen) atoms. The van der Waals surface area contributed by atoms with E-state index in [9.17, 15) is 10.1 Å². The number of carbonyl (C=O) groups is 1. The summed E-state index contributed by atoms with van der Waals surface area (Å²) < 4.78 is 16.2. The van der Waals surface area contributed by atoms with Crippen molar-refractivity contribution >= 4 is 28.5 Å². The summed E-state index contributed by atoms with van der Waals surface area (Å²) in [6.07, 6.45) is 2.21. The Morgan fingerprint density at radius 1 is 1.29 bits per heavy atom. The van der Waals surface area contributed by atoms with Gasteiger partial charge in [0.05, 0.1) is 13.7 Å². The van der Waals surface area contributed by atoms with E-state index in [1.54, 1.807) is 18.2 Å². The zero-order chi connectivity index (χ0) is 20.4. The Hall–Kier alpha value is -2.96. The minimum Gasteiger partial charge on any atom is -0.493 e. The minimum atomic E-state index is -0.544. The fourth-order valence-corrected chi connectivity index (χ4v) is 2.85. The quantitative estimate of drug-likeness (QED) is 0.370. The molecule has 0 spiro atoms. The van der Waals surface area contributed by atoms with Gasteiger partial charge in [0.1, 0.15) is 23.3 Å². The second kappa shape index (κ2) is 11.0. The third kappa shape index (κ3) is 6.04. The molecule has 1 aromatic carbocycles. The summed E-state index contributed by atoms with van der Waals surface area (Å²) >= 11 is 1.28. The Bertz CT molecular complexity index is 873. The lowest BCUT2D eigenvalue weighted by molar-refractivity contribution is -0.112. The van der Waals surface area contributed by atoms with Gasteiger partial charge in [0, 0.05) is 6.61 Å². The number of rotatable bonds is 10. The average molecular weight is 402 g/mol. The number of anilines is 1. The number of benzene rings is 1. The molecule has 0 aliphatic rings. The first-order valence-corrected chi connectivity index (χ1v) is 9.57. The second-order valence-corrected chi connectivity index (χ2v) is 6.50. The van der Waals surface area contributed by atoms with Crippen LogP contribution in [0, 0.1) is 11.3 Å². The molecule has 0 fully saturated rings. The molecule has 1 aromatic heterocycles. The van der Waals surface area contributed by atoms with E-state index >= 15 is 0 Å². The molecule has 1 amide bonds. The number of amides is 1. The predicted octanol–water partition coefficient (Wildman–Crippen LogP) is 3.07. The lowest BCUT2D eigenvalue weighted by atomic mass is 10.1. The Labute approximate surface area is 167 Å². The van der Waals surface area contributed by atoms with Gasteiger partial charge >= 0.3 is 0 Å². The molecule has 0 aliphatic heterocycles. The number of methoxy groups -OCH3 is 1. The number of carbonyl (C=O) groups excluding carboxylic acids is 1. The van der Waals surface area contributed by atoms with Gasteiger partial charge < -0.3 is 14.2 Å². The SMILES string of the molecule is CCOCCOc1ccc(/C=C(/C#N)C(=O)Nc2nnc(CC)s2)cc1OC. The standard InChI is InChI=1S/C19H22N4O4S/c1-4-17-22-23-19(28-17)21-18(24)14(12-20)10-13-6-7-15(16(11-13)25-3)27-9-8-26-5-2/h6-7,10-11H,4-5,8-9H2,1-3H3,(H,21,23,24)/b14-10-. The molecule has 0 radical (unpaired) electrons. The molecule has 0 bridgehead atoms. The molecule has 1 N–H and O–H groups in total. The van der Waals surface area contributed by atoms with E-state index in [0.29, 0.717) is 42.0 Å². The van der Waals surface area contributed by atoms with E-state index in [0.717, 1.165) is 11.4 Å². The molecule has 8 nitrogen and oxygen atoms in total. The van der Waals surface area contributed by atoms with Crippen molar-refractivity contribution in [1.29, 1.82) is 5.26 Å². The maximum absolute atomic E-state index is 12.3. The number of hydrogen-bond donors (Lipinski definition) is 1. The first-order chi connectivity index (χ1) is 13.6. The number of aryl methyl sites for hydroxylation is 1. The first-order valence-electron chi connectivity index (χ1n) is 8.75. The molecule has 148 valence electrons. The molecule has 0 saturated heterocycles. The predicted molar refractivity (Wildman–Crippen MR) is 106 cm³/mol. The molecular weight excluding hydrogens is 380 g/mol. The molecule has 0 aliphatic carbocycles. The van der Waals surface area contributed by atoms with Crippen molar-refractivity contribution in [2.45, 2.75) is 20.3 Å². The van der Waals surface area contributed by atoms with Crippen LogP contribution in [0.3, 0.4) is 0 Å². The van der Waals surface area contributed by atoms with Crippen molar-refractivity contribution in [3.05, 3.63) is 34.3 Å². The number of nitriles is 1. The van der Waals surface area contributed by atoms with Gasteiger partial charge in [-0.1, -0.05) is 24.3 Å². The second-order valence-electron chi connectivity index (χ2n) is 5.43. The zero-order valence-electron chi connectivity index (χ0n) is 16.0. The summed E-state index contributed by atoms with van der Waals surface area (Å²) in [6, 6.07) is 7.07. The van der Waals surface area contributed by atoms with E-state index in [-0.39, 0.29) is 5.57 Å². The molecule has 0 unspecified atom stereocenters. The number of nitrogens with zero attached hydrogens (tertiary/aromatic N) is 3. The molecule has 2 rings (SSSR count). The maximum Gasteiger partial charge on any atom is 0.268 e. The minimum absolute atomic E-state index is 0.0553. The Balaban J connectivity index is 2.11. The summed E-state index contributed by atoms with van der Waals surface area (Å²) in [5.74, 6) is 0.514. The van der Waals surface area contributed by atoms with Gasteiger partial charge in [-0.3, -0.25) is 10.1 Å². The lowest BCUT2D eigenvalue weighted by Crippen LogP contribution is -2.13. The highest BCUT2D eigenvalue weighted by Crippen LogP contribution is 2.29. The molecule has 2 aromatic rings. The van der Waals surface area contributed by atoms with E-state index in [1.165, 1.54) is 24.5 Å². The number of nitrogens with one attached hydrogen (secondary N) is 1. The highest BCUT2D eigenvalue weighted by atomic mass is 32.1. The van der Waals surface area contributed by atoms with E-state index < -0.39 is 5.91 Å². The number of ether oxygens (including phenoxy) is 3. The molecule has 0 saturated carbocycles. The van der Waals surface area contributed by atoms with E-state index in [4.69, 9.17) is 14.2 Å². The van der Waals surface area contributed by atoms with Gasteiger partial charge in [-0.05, 0) is 37.1 Å². The first kappa shape index (κ1) is 21.3. The normalized spacial score (nSPS) is 11.0. The summed E-state index contributed by atoms with van der Waals surface area (Å²) in [5.41, 5.74) is 0.576. The van der Waals surface area contributed by atoms with Crippen molar-refractivity contribution in [1.82, 2.24) is 10.2 Å². The largest absolute Gasteiger partial charge is 0.493 e. The highest BCUT2D eigenvalue weighted by molar-refractivity contribution is 7.15.